The number of carbonyl (C=O) groups is 1. The summed E-state index contributed by atoms with van der Waals surface area (Å²) in [5.74, 6) is -0.939. The van der Waals surface area contributed by atoms with Gasteiger partial charge in [0.15, 0.2) is 0 Å². The molecule has 5 N–H and O–H groups in total. The average Bonchev–Trinajstić information content (AvgIpc) is 2.41. The van der Waals surface area contributed by atoms with Crippen molar-refractivity contribution in [2.75, 3.05) is 5.75 Å². The molecule has 1 aromatic carbocycles. The van der Waals surface area contributed by atoms with Crippen LogP contribution in [0.4, 0.5) is 0 Å². The smallest absolute Gasteiger partial charge is 0.313 e. The predicted molar refractivity (Wildman–Crippen MR) is 90.2 cm³/mol. The fraction of sp³-hybridized carbons (Fsp3) is 0.357. The fourth-order valence-electron chi connectivity index (χ4n) is 1.53. The van der Waals surface area contributed by atoms with E-state index in [0.717, 1.165) is 40.4 Å². The molecule has 0 saturated heterocycles. The molecule has 6 heteroatoms. The monoisotopic (exact) mass is 314 g/mol. The van der Waals surface area contributed by atoms with Crippen molar-refractivity contribution in [3.05, 3.63) is 39.1 Å². The largest absolute Gasteiger partial charge is 0.481 e. The van der Waals surface area contributed by atoms with Gasteiger partial charge in [-0.3, -0.25) is 9.93 Å². The molecule has 0 spiro atoms. The van der Waals surface area contributed by atoms with Gasteiger partial charge in [-0.1, -0.05) is 37.6 Å². The van der Waals surface area contributed by atoms with E-state index < -0.39 is 5.97 Å². The third kappa shape index (κ3) is 5.90. The summed E-state index contributed by atoms with van der Waals surface area (Å²) < 4.78 is 0.629. The van der Waals surface area contributed by atoms with Crippen molar-refractivity contribution in [1.29, 1.82) is 0 Å². The van der Waals surface area contributed by atoms with E-state index in [2.05, 4.69) is 0 Å². The summed E-state index contributed by atoms with van der Waals surface area (Å²) in [5.41, 5.74) is 9.69. The van der Waals surface area contributed by atoms with Gasteiger partial charge in [-0.05, 0) is 31.4 Å². The second-order valence-corrected chi connectivity index (χ2v) is 5.71. The van der Waals surface area contributed by atoms with Crippen LogP contribution in [0.15, 0.2) is 22.4 Å². The lowest BCUT2D eigenvalue weighted by Crippen LogP contribution is -2.05. The number of hydrogen-bond donors (Lipinski definition) is 3. The topological polar surface area (TPSA) is 89.3 Å². The Balaban J connectivity index is 0.00000172. The van der Waals surface area contributed by atoms with Crippen molar-refractivity contribution in [3.63, 3.8) is 0 Å². The first-order valence-corrected chi connectivity index (χ1v) is 8.11. The van der Waals surface area contributed by atoms with Gasteiger partial charge in [-0.15, -0.1) is 11.8 Å². The summed E-state index contributed by atoms with van der Waals surface area (Å²) >= 11 is 2.12. The molecule has 0 unspecified atom stereocenters. The summed E-state index contributed by atoms with van der Waals surface area (Å²) in [6, 6.07) is 5.93. The molecular formula is C14H22N2O2S2. The van der Waals surface area contributed by atoms with Gasteiger partial charge in [0, 0.05) is 5.56 Å². The second kappa shape index (κ2) is 9.74. The number of benzene rings is 1. The van der Waals surface area contributed by atoms with Crippen LogP contribution in [0.1, 0.15) is 30.5 Å². The number of aliphatic carboxylic acids is 1. The van der Waals surface area contributed by atoms with E-state index in [1.54, 1.807) is 0 Å². The van der Waals surface area contributed by atoms with Crippen molar-refractivity contribution in [2.24, 2.45) is 10.9 Å². The Labute approximate surface area is 129 Å². The van der Waals surface area contributed by atoms with E-state index >= 15 is 0 Å². The molecule has 0 saturated carbocycles. The molecule has 4 nitrogen and oxygen atoms in total. The Kier molecular flexibility index (Phi) is 9.20. The van der Waals surface area contributed by atoms with Gasteiger partial charge in [0.2, 0.25) is 0 Å². The quantitative estimate of drug-likeness (QED) is 0.722. The Morgan fingerprint density at radius 2 is 1.90 bits per heavy atom. The van der Waals surface area contributed by atoms with E-state index in [-0.39, 0.29) is 5.75 Å². The Morgan fingerprint density at radius 1 is 1.30 bits per heavy atom. The van der Waals surface area contributed by atoms with Crippen LogP contribution in [-0.2, 0) is 4.79 Å². The lowest BCUT2D eigenvalue weighted by Gasteiger charge is -2.11. The van der Waals surface area contributed by atoms with Crippen molar-refractivity contribution in [3.8, 4) is 0 Å². The van der Waals surface area contributed by atoms with Crippen LogP contribution in [-0.4, -0.2) is 16.8 Å². The van der Waals surface area contributed by atoms with Crippen LogP contribution < -0.4 is 10.9 Å². The molecule has 0 fully saturated rings. The molecule has 0 atom stereocenters. The highest BCUT2D eigenvalue weighted by molar-refractivity contribution is 8.21. The normalized spacial score (nSPS) is 11.2. The molecule has 112 valence electrons. The number of carboxylic acid groups (broad SMARTS) is 1. The summed E-state index contributed by atoms with van der Waals surface area (Å²) in [6.07, 6.45) is 0. The molecule has 1 rings (SSSR count). The summed E-state index contributed by atoms with van der Waals surface area (Å²) in [7, 11) is 0. The third-order valence-corrected chi connectivity index (χ3v) is 4.28. The first-order valence-electron chi connectivity index (χ1n) is 6.24. The number of rotatable bonds is 5. The molecular weight excluding hydrogens is 292 g/mol. The van der Waals surface area contributed by atoms with Crippen molar-refractivity contribution in [2.45, 2.75) is 27.7 Å². The SMILES string of the molecule is CC.Cc1ccc(/C(N)=C(/SN)SCC(=O)O)c(C)c1. The fourth-order valence-corrected chi connectivity index (χ4v) is 2.73. The molecule has 0 bridgehead atoms. The van der Waals surface area contributed by atoms with Crippen LogP contribution in [0.3, 0.4) is 0 Å². The first kappa shape index (κ1) is 18.9. The number of nitrogens with two attached hydrogens (primary N) is 2. The molecule has 0 radical (unpaired) electrons. The number of carboxylic acids is 1. The third-order valence-electron chi connectivity index (χ3n) is 2.33. The highest BCUT2D eigenvalue weighted by atomic mass is 32.2. The van der Waals surface area contributed by atoms with Gasteiger partial charge in [0.25, 0.3) is 0 Å². The number of hydrogen-bond acceptors (Lipinski definition) is 5. The van der Waals surface area contributed by atoms with Crippen LogP contribution in [0.5, 0.6) is 0 Å². The summed E-state index contributed by atoms with van der Waals surface area (Å²) in [4.78, 5) is 10.6. The van der Waals surface area contributed by atoms with Crippen molar-refractivity contribution in [1.82, 2.24) is 0 Å². The standard InChI is InChI=1S/C12H16N2O2S2.C2H6/c1-7-3-4-9(8(2)5-7)11(13)12(18-14)17-6-10(15)16;1-2/h3-5H,6,13-14H2,1-2H3,(H,15,16);1-2H3/b12-11-;. The molecule has 0 amide bonds. The molecule has 1 aromatic rings. The van der Waals surface area contributed by atoms with Crippen LogP contribution >= 0.6 is 23.7 Å². The molecule has 0 aliphatic carbocycles. The Bertz CT molecular complexity index is 488. The zero-order chi connectivity index (χ0) is 15.7. The molecule has 0 aliphatic heterocycles. The van der Waals surface area contributed by atoms with Crippen molar-refractivity contribution < 1.29 is 9.90 Å². The highest BCUT2D eigenvalue weighted by Crippen LogP contribution is 2.31. The van der Waals surface area contributed by atoms with Gasteiger partial charge in [0.1, 0.15) is 0 Å². The number of aryl methyl sites for hydroxylation is 2. The van der Waals surface area contributed by atoms with E-state index in [1.807, 2.05) is 45.9 Å². The Hall–Kier alpha value is -1.11. The van der Waals surface area contributed by atoms with Gasteiger partial charge in [-0.25, -0.2) is 0 Å². The average molecular weight is 314 g/mol. The van der Waals surface area contributed by atoms with E-state index in [1.165, 1.54) is 0 Å². The minimum atomic E-state index is -0.889. The maximum atomic E-state index is 10.6. The highest BCUT2D eigenvalue weighted by Gasteiger charge is 2.10. The second-order valence-electron chi connectivity index (χ2n) is 3.82. The minimum Gasteiger partial charge on any atom is -0.481 e. The van der Waals surface area contributed by atoms with Crippen LogP contribution in [0, 0.1) is 13.8 Å². The van der Waals surface area contributed by atoms with Gasteiger partial charge in [-0.2, -0.15) is 0 Å². The maximum Gasteiger partial charge on any atom is 0.313 e. The molecule has 0 aliphatic rings. The van der Waals surface area contributed by atoms with E-state index in [9.17, 15) is 4.79 Å². The maximum absolute atomic E-state index is 10.6. The Morgan fingerprint density at radius 3 is 2.35 bits per heavy atom. The van der Waals surface area contributed by atoms with Gasteiger partial charge in [0.05, 0.1) is 15.7 Å². The van der Waals surface area contributed by atoms with E-state index in [4.69, 9.17) is 16.0 Å². The van der Waals surface area contributed by atoms with Crippen LogP contribution in [0.25, 0.3) is 5.70 Å². The molecule has 0 heterocycles. The number of thioether (sulfide) groups is 1. The van der Waals surface area contributed by atoms with Crippen molar-refractivity contribution >= 4 is 35.4 Å². The summed E-state index contributed by atoms with van der Waals surface area (Å²) in [5, 5.41) is 14.2. The lowest BCUT2D eigenvalue weighted by molar-refractivity contribution is -0.133. The van der Waals surface area contributed by atoms with Crippen LogP contribution in [0.2, 0.25) is 0 Å². The van der Waals surface area contributed by atoms with Gasteiger partial charge < -0.3 is 10.8 Å². The molecule has 20 heavy (non-hydrogen) atoms. The van der Waals surface area contributed by atoms with Gasteiger partial charge >= 0.3 is 5.97 Å². The summed E-state index contributed by atoms with van der Waals surface area (Å²) in [6.45, 7) is 7.98. The molecule has 0 aromatic heterocycles. The minimum absolute atomic E-state index is 0.0505. The zero-order valence-corrected chi connectivity index (χ0v) is 13.9. The zero-order valence-electron chi connectivity index (χ0n) is 12.3. The first-order chi connectivity index (χ1) is 9.45. The van der Waals surface area contributed by atoms with E-state index in [0.29, 0.717) is 9.93 Å². The lowest BCUT2D eigenvalue weighted by atomic mass is 10.0. The predicted octanol–water partition coefficient (Wildman–Crippen LogP) is 3.34.